The molecule has 0 aliphatic carbocycles. The van der Waals surface area contributed by atoms with Gasteiger partial charge < -0.3 is 15.2 Å². The summed E-state index contributed by atoms with van der Waals surface area (Å²) in [5.74, 6) is 0.155. The van der Waals surface area contributed by atoms with E-state index in [1.54, 1.807) is 6.07 Å². The molecular formula is C17H24N2O3. The number of oxime groups is 1. The Kier molecular flexibility index (Phi) is 4.86. The van der Waals surface area contributed by atoms with E-state index in [0.717, 1.165) is 30.6 Å². The van der Waals surface area contributed by atoms with Gasteiger partial charge in [0.2, 0.25) is 5.91 Å². The summed E-state index contributed by atoms with van der Waals surface area (Å²) >= 11 is 0. The Morgan fingerprint density at radius 1 is 1.32 bits per heavy atom. The maximum Gasteiger partial charge on any atom is 0.226 e. The lowest BCUT2D eigenvalue weighted by Gasteiger charge is -2.33. The van der Waals surface area contributed by atoms with Crippen molar-refractivity contribution in [1.29, 1.82) is 0 Å². The molecule has 5 heteroatoms. The number of piperidine rings is 1. The standard InChI is InChI=1S/C17H24N2O3/c1-17(2,3)13-10-12(14(11-20)18-22)7-8-15(13)19-9-5-4-6-16(19)21/h7-8,10,20,22H,4-6,9,11H2,1-3H3. The van der Waals surface area contributed by atoms with Crippen LogP contribution in [0.4, 0.5) is 5.69 Å². The molecule has 1 heterocycles. The molecule has 0 radical (unpaired) electrons. The van der Waals surface area contributed by atoms with Crippen molar-refractivity contribution in [3.8, 4) is 0 Å². The van der Waals surface area contributed by atoms with Gasteiger partial charge in [-0.05, 0) is 36.0 Å². The lowest BCUT2D eigenvalue weighted by Crippen LogP contribution is -2.37. The van der Waals surface area contributed by atoms with Gasteiger partial charge >= 0.3 is 0 Å². The van der Waals surface area contributed by atoms with E-state index in [4.69, 9.17) is 5.21 Å². The highest BCUT2D eigenvalue weighted by atomic mass is 16.4. The molecular weight excluding hydrogens is 280 g/mol. The van der Waals surface area contributed by atoms with Crippen molar-refractivity contribution in [2.75, 3.05) is 18.1 Å². The number of carbonyl (C=O) groups is 1. The highest BCUT2D eigenvalue weighted by Crippen LogP contribution is 2.34. The van der Waals surface area contributed by atoms with Gasteiger partial charge in [-0.1, -0.05) is 32.0 Å². The highest BCUT2D eigenvalue weighted by Gasteiger charge is 2.27. The van der Waals surface area contributed by atoms with Crippen LogP contribution in [0.25, 0.3) is 0 Å². The van der Waals surface area contributed by atoms with Crippen LogP contribution in [0.2, 0.25) is 0 Å². The zero-order valence-corrected chi connectivity index (χ0v) is 13.5. The Morgan fingerprint density at radius 3 is 2.59 bits per heavy atom. The van der Waals surface area contributed by atoms with Crippen LogP contribution in [-0.2, 0) is 10.2 Å². The van der Waals surface area contributed by atoms with Gasteiger partial charge in [-0.2, -0.15) is 0 Å². The summed E-state index contributed by atoms with van der Waals surface area (Å²) in [5, 5.41) is 21.4. The minimum atomic E-state index is -0.331. The molecule has 0 aromatic heterocycles. The molecule has 2 rings (SSSR count). The number of hydrogen-bond donors (Lipinski definition) is 2. The number of hydrogen-bond acceptors (Lipinski definition) is 4. The number of nitrogens with zero attached hydrogens (tertiary/aromatic N) is 2. The Morgan fingerprint density at radius 2 is 2.05 bits per heavy atom. The van der Waals surface area contributed by atoms with Crippen LogP contribution in [0.3, 0.4) is 0 Å². The molecule has 22 heavy (non-hydrogen) atoms. The van der Waals surface area contributed by atoms with Crippen molar-refractivity contribution in [2.45, 2.75) is 45.4 Å². The van der Waals surface area contributed by atoms with Crippen LogP contribution in [0, 0.1) is 0 Å². The topological polar surface area (TPSA) is 73.1 Å². The summed E-state index contributed by atoms with van der Waals surface area (Å²) in [6, 6.07) is 5.58. The molecule has 0 spiro atoms. The molecule has 120 valence electrons. The van der Waals surface area contributed by atoms with Gasteiger partial charge in [0.15, 0.2) is 0 Å². The second kappa shape index (κ2) is 6.48. The van der Waals surface area contributed by atoms with Crippen LogP contribution < -0.4 is 4.90 Å². The Hall–Kier alpha value is -1.88. The van der Waals surface area contributed by atoms with Crippen molar-refractivity contribution in [2.24, 2.45) is 5.16 Å². The molecule has 1 aromatic carbocycles. The first-order valence-electron chi connectivity index (χ1n) is 7.65. The average Bonchev–Trinajstić information content (AvgIpc) is 2.48. The molecule has 1 aliphatic rings. The summed E-state index contributed by atoms with van der Waals surface area (Å²) in [4.78, 5) is 14.1. The smallest absolute Gasteiger partial charge is 0.226 e. The Balaban J connectivity index is 2.52. The van der Waals surface area contributed by atoms with Crippen molar-refractivity contribution in [3.05, 3.63) is 29.3 Å². The third-order valence-electron chi connectivity index (χ3n) is 4.02. The molecule has 2 N–H and O–H groups in total. The molecule has 1 saturated heterocycles. The fraction of sp³-hybridized carbons (Fsp3) is 0.529. The van der Waals surface area contributed by atoms with Crippen molar-refractivity contribution >= 4 is 17.3 Å². The number of anilines is 1. The van der Waals surface area contributed by atoms with E-state index >= 15 is 0 Å². The third-order valence-corrected chi connectivity index (χ3v) is 4.02. The minimum absolute atomic E-state index is 0.155. The maximum absolute atomic E-state index is 12.2. The second-order valence-corrected chi connectivity index (χ2v) is 6.69. The molecule has 1 fully saturated rings. The van der Waals surface area contributed by atoms with Gasteiger partial charge in [0.05, 0.1) is 6.61 Å². The van der Waals surface area contributed by atoms with E-state index in [1.165, 1.54) is 0 Å². The van der Waals surface area contributed by atoms with Gasteiger partial charge in [0.25, 0.3) is 0 Å². The molecule has 1 aliphatic heterocycles. The summed E-state index contributed by atoms with van der Waals surface area (Å²) in [5.41, 5.74) is 2.65. The number of benzene rings is 1. The normalized spacial score (nSPS) is 17.0. The summed E-state index contributed by atoms with van der Waals surface area (Å²) in [6.07, 6.45) is 2.55. The zero-order chi connectivity index (χ0) is 16.3. The summed E-state index contributed by atoms with van der Waals surface area (Å²) < 4.78 is 0. The Bertz CT molecular complexity index is 588. The van der Waals surface area contributed by atoms with Gasteiger partial charge in [-0.25, -0.2) is 0 Å². The van der Waals surface area contributed by atoms with E-state index < -0.39 is 0 Å². The van der Waals surface area contributed by atoms with E-state index in [-0.39, 0.29) is 23.6 Å². The zero-order valence-electron chi connectivity index (χ0n) is 13.5. The lowest BCUT2D eigenvalue weighted by molar-refractivity contribution is -0.119. The first kappa shape index (κ1) is 16.5. The van der Waals surface area contributed by atoms with Crippen LogP contribution in [0.5, 0.6) is 0 Å². The highest BCUT2D eigenvalue weighted by molar-refractivity contribution is 6.02. The second-order valence-electron chi connectivity index (χ2n) is 6.69. The monoisotopic (exact) mass is 304 g/mol. The fourth-order valence-electron chi connectivity index (χ4n) is 2.79. The predicted molar refractivity (Wildman–Crippen MR) is 86.8 cm³/mol. The maximum atomic E-state index is 12.2. The van der Waals surface area contributed by atoms with E-state index in [2.05, 4.69) is 25.9 Å². The van der Waals surface area contributed by atoms with E-state index in [0.29, 0.717) is 12.0 Å². The van der Waals surface area contributed by atoms with Crippen molar-refractivity contribution in [3.63, 3.8) is 0 Å². The van der Waals surface area contributed by atoms with Crippen LogP contribution >= 0.6 is 0 Å². The number of rotatable bonds is 3. The molecule has 0 unspecified atom stereocenters. The van der Waals surface area contributed by atoms with Gasteiger partial charge in [0.1, 0.15) is 5.71 Å². The molecule has 0 atom stereocenters. The molecule has 5 nitrogen and oxygen atoms in total. The minimum Gasteiger partial charge on any atom is -0.411 e. The summed E-state index contributed by atoms with van der Waals surface area (Å²) in [7, 11) is 0. The molecule has 0 saturated carbocycles. The first-order valence-corrected chi connectivity index (χ1v) is 7.65. The average molecular weight is 304 g/mol. The third kappa shape index (κ3) is 3.30. The van der Waals surface area contributed by atoms with Gasteiger partial charge in [-0.15, -0.1) is 0 Å². The van der Waals surface area contributed by atoms with E-state index in [9.17, 15) is 9.90 Å². The lowest BCUT2D eigenvalue weighted by atomic mass is 9.83. The largest absolute Gasteiger partial charge is 0.411 e. The quantitative estimate of drug-likeness (QED) is 0.512. The van der Waals surface area contributed by atoms with Crippen LogP contribution in [0.15, 0.2) is 23.4 Å². The summed E-state index contributed by atoms with van der Waals surface area (Å²) in [6.45, 7) is 6.65. The van der Waals surface area contributed by atoms with E-state index in [1.807, 2.05) is 17.0 Å². The molecule has 0 bridgehead atoms. The molecule has 1 aromatic rings. The van der Waals surface area contributed by atoms with Crippen molar-refractivity contribution in [1.82, 2.24) is 0 Å². The van der Waals surface area contributed by atoms with Gasteiger partial charge in [0, 0.05) is 24.2 Å². The SMILES string of the molecule is CC(C)(C)c1cc(C(CO)=NO)ccc1N1CCCCC1=O. The number of carbonyl (C=O) groups excluding carboxylic acids is 1. The molecule has 1 amide bonds. The van der Waals surface area contributed by atoms with Crippen LogP contribution in [0.1, 0.15) is 51.2 Å². The Labute approximate surface area is 131 Å². The van der Waals surface area contributed by atoms with Gasteiger partial charge in [-0.3, -0.25) is 4.79 Å². The number of amides is 1. The van der Waals surface area contributed by atoms with Crippen molar-refractivity contribution < 1.29 is 15.1 Å². The number of aliphatic hydroxyl groups excluding tert-OH is 1. The fourth-order valence-corrected chi connectivity index (χ4v) is 2.79. The predicted octanol–water partition coefficient (Wildman–Crippen LogP) is 2.67. The van der Waals surface area contributed by atoms with Crippen LogP contribution in [-0.4, -0.2) is 35.1 Å². The first-order chi connectivity index (χ1) is 10.4. The number of aliphatic hydroxyl groups is 1.